The van der Waals surface area contributed by atoms with Crippen molar-refractivity contribution >= 4 is 5.91 Å². The van der Waals surface area contributed by atoms with E-state index in [0.29, 0.717) is 12.3 Å². The zero-order valence-corrected chi connectivity index (χ0v) is 16.0. The molecule has 27 heavy (non-hydrogen) atoms. The number of amides is 1. The number of rotatable bonds is 5. The lowest BCUT2D eigenvalue weighted by Crippen LogP contribution is -2.38. The van der Waals surface area contributed by atoms with Gasteiger partial charge in [0.25, 0.3) is 0 Å². The summed E-state index contributed by atoms with van der Waals surface area (Å²) in [4.78, 5) is 14.7. The van der Waals surface area contributed by atoms with Crippen LogP contribution >= 0.6 is 0 Å². The minimum atomic E-state index is 0.248. The lowest BCUT2D eigenvalue weighted by atomic mass is 9.88. The van der Waals surface area contributed by atoms with E-state index in [1.807, 2.05) is 17.0 Å². The number of carbonyl (C=O) groups excluding carboxylic acids is 1. The first-order valence-corrected chi connectivity index (χ1v) is 9.91. The zero-order valence-electron chi connectivity index (χ0n) is 16.0. The number of methoxy groups -OCH3 is 1. The van der Waals surface area contributed by atoms with Gasteiger partial charge in [0.05, 0.1) is 25.0 Å². The van der Waals surface area contributed by atoms with Gasteiger partial charge in [-0.15, -0.1) is 0 Å². The number of aryl methyl sites for hydroxylation is 1. The van der Waals surface area contributed by atoms with E-state index < -0.39 is 0 Å². The Bertz CT molecular complexity index is 770. The smallest absolute Gasteiger partial charge is 0.222 e. The maximum absolute atomic E-state index is 12.6. The number of aromatic nitrogens is 2. The van der Waals surface area contributed by atoms with Crippen LogP contribution in [0.25, 0.3) is 0 Å². The Hall–Kier alpha value is -2.34. The second-order valence-corrected chi connectivity index (χ2v) is 7.42. The molecule has 1 fully saturated rings. The number of hydrogen-bond acceptors (Lipinski definition) is 4. The number of para-hydroxylation sites is 1. The van der Waals surface area contributed by atoms with Gasteiger partial charge < -0.3 is 15.0 Å². The van der Waals surface area contributed by atoms with E-state index in [4.69, 9.17) is 4.74 Å². The molecule has 3 heterocycles. The summed E-state index contributed by atoms with van der Waals surface area (Å²) < 4.78 is 7.57. The highest BCUT2D eigenvalue weighted by Gasteiger charge is 2.25. The molecule has 0 atom stereocenters. The van der Waals surface area contributed by atoms with Gasteiger partial charge in [0, 0.05) is 39.0 Å². The Morgan fingerprint density at radius 3 is 2.85 bits per heavy atom. The first-order valence-electron chi connectivity index (χ1n) is 9.91. The van der Waals surface area contributed by atoms with Crippen LogP contribution in [0.2, 0.25) is 0 Å². The Balaban J connectivity index is 1.29. The fraction of sp³-hybridized carbons (Fsp3) is 0.524. The maximum atomic E-state index is 12.6. The third kappa shape index (κ3) is 4.00. The summed E-state index contributed by atoms with van der Waals surface area (Å²) in [6, 6.07) is 10.4. The summed E-state index contributed by atoms with van der Waals surface area (Å²) in [5, 5.41) is 7.98. The molecule has 1 N–H and O–H groups in total. The second-order valence-electron chi connectivity index (χ2n) is 7.42. The summed E-state index contributed by atoms with van der Waals surface area (Å²) in [5.74, 6) is 1.68. The van der Waals surface area contributed by atoms with Gasteiger partial charge in [-0.1, -0.05) is 18.2 Å². The minimum Gasteiger partial charge on any atom is -0.496 e. The molecule has 1 aromatic carbocycles. The van der Waals surface area contributed by atoms with Crippen molar-refractivity contribution in [2.24, 2.45) is 0 Å². The van der Waals surface area contributed by atoms with Crippen LogP contribution in [0, 0.1) is 0 Å². The monoisotopic (exact) mass is 368 g/mol. The molecule has 0 radical (unpaired) electrons. The maximum Gasteiger partial charge on any atom is 0.222 e. The molecule has 0 saturated carbocycles. The molecule has 6 heteroatoms. The van der Waals surface area contributed by atoms with Gasteiger partial charge in [-0.3, -0.25) is 9.48 Å². The molecule has 1 aromatic heterocycles. The number of nitrogens with one attached hydrogen (secondary N) is 1. The van der Waals surface area contributed by atoms with Crippen molar-refractivity contribution in [3.8, 4) is 5.75 Å². The highest BCUT2D eigenvalue weighted by molar-refractivity contribution is 5.76. The molecule has 144 valence electrons. The molecule has 2 aliphatic heterocycles. The number of hydrogen-bond donors (Lipinski definition) is 1. The van der Waals surface area contributed by atoms with E-state index in [2.05, 4.69) is 33.3 Å². The van der Waals surface area contributed by atoms with E-state index in [9.17, 15) is 4.79 Å². The minimum absolute atomic E-state index is 0.248. The molecular weight excluding hydrogens is 340 g/mol. The molecule has 6 nitrogen and oxygen atoms in total. The van der Waals surface area contributed by atoms with Crippen molar-refractivity contribution in [1.82, 2.24) is 20.0 Å². The summed E-state index contributed by atoms with van der Waals surface area (Å²) in [6.07, 6.45) is 3.27. The fourth-order valence-electron chi connectivity index (χ4n) is 4.21. The van der Waals surface area contributed by atoms with Gasteiger partial charge in [0.1, 0.15) is 5.75 Å². The zero-order chi connectivity index (χ0) is 18.6. The molecular formula is C21H28N4O2. The van der Waals surface area contributed by atoms with Gasteiger partial charge in [0.15, 0.2) is 0 Å². The second kappa shape index (κ2) is 8.13. The van der Waals surface area contributed by atoms with Crippen LogP contribution in [0.5, 0.6) is 5.75 Å². The topological polar surface area (TPSA) is 59.4 Å². The molecule has 4 rings (SSSR count). The molecule has 2 aliphatic rings. The molecule has 2 aromatic rings. The summed E-state index contributed by atoms with van der Waals surface area (Å²) in [7, 11) is 1.72. The predicted molar refractivity (Wildman–Crippen MR) is 104 cm³/mol. The average molecular weight is 368 g/mol. The third-order valence-corrected chi connectivity index (χ3v) is 5.74. The van der Waals surface area contributed by atoms with Gasteiger partial charge in [-0.2, -0.15) is 5.10 Å². The molecule has 0 aliphatic carbocycles. The van der Waals surface area contributed by atoms with Gasteiger partial charge in [-0.05, 0) is 36.5 Å². The van der Waals surface area contributed by atoms with Crippen molar-refractivity contribution in [3.63, 3.8) is 0 Å². The summed E-state index contributed by atoms with van der Waals surface area (Å²) in [6.45, 7) is 4.40. The van der Waals surface area contributed by atoms with Crippen LogP contribution in [0.1, 0.15) is 42.1 Å². The largest absolute Gasteiger partial charge is 0.496 e. The van der Waals surface area contributed by atoms with E-state index >= 15 is 0 Å². The van der Waals surface area contributed by atoms with Crippen LogP contribution in [0.4, 0.5) is 0 Å². The number of ether oxygens (including phenoxy) is 1. The van der Waals surface area contributed by atoms with Crippen molar-refractivity contribution < 1.29 is 9.53 Å². The van der Waals surface area contributed by atoms with E-state index in [0.717, 1.165) is 63.4 Å². The number of nitrogens with zero attached hydrogens (tertiary/aromatic N) is 3. The number of benzene rings is 1. The van der Waals surface area contributed by atoms with Crippen LogP contribution in [0.15, 0.2) is 30.3 Å². The Morgan fingerprint density at radius 1 is 1.26 bits per heavy atom. The first kappa shape index (κ1) is 18.0. The van der Waals surface area contributed by atoms with Crippen LogP contribution in [-0.2, 0) is 24.3 Å². The lowest BCUT2D eigenvalue weighted by molar-refractivity contribution is -0.132. The van der Waals surface area contributed by atoms with Crippen molar-refractivity contribution in [2.75, 3.05) is 26.7 Å². The van der Waals surface area contributed by atoms with E-state index in [1.165, 1.54) is 11.3 Å². The molecule has 1 amide bonds. The average Bonchev–Trinajstić information content (AvgIpc) is 3.15. The number of carbonyl (C=O) groups is 1. The highest BCUT2D eigenvalue weighted by atomic mass is 16.5. The van der Waals surface area contributed by atoms with Crippen LogP contribution in [-0.4, -0.2) is 47.3 Å². The van der Waals surface area contributed by atoms with Crippen molar-refractivity contribution in [2.45, 2.75) is 44.7 Å². The first-order chi connectivity index (χ1) is 13.2. The molecule has 0 spiro atoms. The van der Waals surface area contributed by atoms with Crippen molar-refractivity contribution in [1.29, 1.82) is 0 Å². The quantitative estimate of drug-likeness (QED) is 0.880. The van der Waals surface area contributed by atoms with Crippen molar-refractivity contribution in [3.05, 3.63) is 47.3 Å². The van der Waals surface area contributed by atoms with Gasteiger partial charge in [0.2, 0.25) is 5.91 Å². The van der Waals surface area contributed by atoms with Crippen LogP contribution in [0.3, 0.4) is 0 Å². The Morgan fingerprint density at radius 2 is 2.07 bits per heavy atom. The number of piperidine rings is 1. The van der Waals surface area contributed by atoms with E-state index in [-0.39, 0.29) is 5.91 Å². The number of fused-ring (bicyclic) bond motifs is 1. The fourth-order valence-corrected chi connectivity index (χ4v) is 4.21. The number of likely N-dealkylation sites (tertiary alicyclic amines) is 1. The molecule has 1 saturated heterocycles. The van der Waals surface area contributed by atoms with Crippen LogP contribution < -0.4 is 10.1 Å². The Kier molecular flexibility index (Phi) is 5.43. The SMILES string of the molecule is COc1ccccc1C1CCN(C(=O)CCc2cc3n(n2)CCNC3)CC1. The molecule has 0 bridgehead atoms. The molecule has 0 unspecified atom stereocenters. The van der Waals surface area contributed by atoms with E-state index in [1.54, 1.807) is 7.11 Å². The standard InChI is InChI=1S/C21H28N4O2/c1-27-20-5-3-2-4-19(20)16-8-11-24(12-9-16)21(26)7-6-17-14-18-15-22-10-13-25(18)23-17/h2-5,14,16,22H,6-13,15H2,1H3. The van der Waals surface area contributed by atoms with Gasteiger partial charge >= 0.3 is 0 Å². The Labute approximate surface area is 160 Å². The lowest BCUT2D eigenvalue weighted by Gasteiger charge is -2.32. The van der Waals surface area contributed by atoms with Gasteiger partial charge in [-0.25, -0.2) is 0 Å². The summed E-state index contributed by atoms with van der Waals surface area (Å²) in [5.41, 5.74) is 3.52. The summed E-state index contributed by atoms with van der Waals surface area (Å²) >= 11 is 0. The highest BCUT2D eigenvalue weighted by Crippen LogP contribution is 2.34. The predicted octanol–water partition coefficient (Wildman–Crippen LogP) is 2.33. The third-order valence-electron chi connectivity index (χ3n) is 5.74. The normalized spacial score (nSPS) is 17.6.